The first-order valence-corrected chi connectivity index (χ1v) is 4.01. The van der Waals surface area contributed by atoms with Gasteiger partial charge < -0.3 is 15.5 Å². The molecule has 0 fully saturated rings. The van der Waals surface area contributed by atoms with Gasteiger partial charge in [0.25, 0.3) is 5.56 Å². The number of nitrogens with one attached hydrogen (secondary N) is 1. The van der Waals surface area contributed by atoms with E-state index in [1.165, 1.54) is 13.3 Å². The third kappa shape index (κ3) is 2.55. The lowest BCUT2D eigenvalue weighted by molar-refractivity contribution is 0.405. The van der Waals surface area contributed by atoms with Crippen LogP contribution in [0.5, 0.6) is 5.75 Å². The minimum absolute atomic E-state index is 0.0171. The summed E-state index contributed by atoms with van der Waals surface area (Å²) in [7, 11) is 1.43. The molecule has 1 aromatic heterocycles. The second-order valence-electron chi connectivity index (χ2n) is 2.91. The number of hydrogen-bond acceptors (Lipinski definition) is 4. The standard InChI is InChI=1S/C8H13N3O2/c1-5(9)3-7-10-4-6(13-2)8(12)11-7/h4-5H,3,9H2,1-2H3,(H,10,11,12). The minimum Gasteiger partial charge on any atom is -0.490 e. The largest absolute Gasteiger partial charge is 0.490 e. The summed E-state index contributed by atoms with van der Waals surface area (Å²) >= 11 is 0. The van der Waals surface area contributed by atoms with Crippen molar-refractivity contribution in [1.29, 1.82) is 0 Å². The van der Waals surface area contributed by atoms with E-state index in [1.54, 1.807) is 0 Å². The molecule has 0 radical (unpaired) electrons. The molecule has 1 rings (SSSR count). The summed E-state index contributed by atoms with van der Waals surface area (Å²) in [4.78, 5) is 17.8. The van der Waals surface area contributed by atoms with Gasteiger partial charge in [-0.25, -0.2) is 4.98 Å². The monoisotopic (exact) mass is 183 g/mol. The molecule has 13 heavy (non-hydrogen) atoms. The Labute approximate surface area is 75.9 Å². The minimum atomic E-state index is -0.270. The van der Waals surface area contributed by atoms with Crippen molar-refractivity contribution in [2.24, 2.45) is 5.73 Å². The number of aromatic nitrogens is 2. The molecule has 0 aliphatic heterocycles. The van der Waals surface area contributed by atoms with Gasteiger partial charge in [-0.2, -0.15) is 0 Å². The van der Waals surface area contributed by atoms with Gasteiger partial charge in [0.1, 0.15) is 5.82 Å². The molecule has 1 unspecified atom stereocenters. The fourth-order valence-electron chi connectivity index (χ4n) is 0.974. The molecule has 0 spiro atoms. The van der Waals surface area contributed by atoms with Crippen molar-refractivity contribution in [1.82, 2.24) is 9.97 Å². The van der Waals surface area contributed by atoms with Gasteiger partial charge in [0.2, 0.25) is 5.75 Å². The summed E-state index contributed by atoms with van der Waals surface area (Å²) in [6.07, 6.45) is 1.95. The van der Waals surface area contributed by atoms with Crippen LogP contribution in [0.1, 0.15) is 12.7 Å². The summed E-state index contributed by atoms with van der Waals surface area (Å²) in [5.41, 5.74) is 5.28. The zero-order valence-electron chi connectivity index (χ0n) is 7.70. The number of nitrogens with zero attached hydrogens (tertiary/aromatic N) is 1. The Morgan fingerprint density at radius 2 is 2.46 bits per heavy atom. The number of H-pyrrole nitrogens is 1. The smallest absolute Gasteiger partial charge is 0.293 e. The zero-order chi connectivity index (χ0) is 9.84. The van der Waals surface area contributed by atoms with Crippen LogP contribution >= 0.6 is 0 Å². The summed E-state index contributed by atoms with van der Waals surface area (Å²) in [6, 6.07) is -0.0171. The van der Waals surface area contributed by atoms with Gasteiger partial charge in [0.05, 0.1) is 13.3 Å². The van der Waals surface area contributed by atoms with Gasteiger partial charge >= 0.3 is 0 Å². The Bertz CT molecular complexity index is 332. The quantitative estimate of drug-likeness (QED) is 0.672. The summed E-state index contributed by atoms with van der Waals surface area (Å²) in [5, 5.41) is 0. The van der Waals surface area contributed by atoms with Crippen LogP contribution in [0.3, 0.4) is 0 Å². The van der Waals surface area contributed by atoms with E-state index >= 15 is 0 Å². The molecular formula is C8H13N3O2. The maximum absolute atomic E-state index is 11.2. The molecule has 0 aliphatic carbocycles. The maximum Gasteiger partial charge on any atom is 0.293 e. The number of nitrogens with two attached hydrogens (primary N) is 1. The Kier molecular flexibility index (Phi) is 3.02. The molecule has 0 saturated heterocycles. The Balaban J connectivity index is 2.90. The average Bonchev–Trinajstić information content (AvgIpc) is 2.03. The third-order valence-electron chi connectivity index (χ3n) is 1.55. The summed E-state index contributed by atoms with van der Waals surface area (Å²) < 4.78 is 4.77. The molecule has 0 saturated carbocycles. The van der Waals surface area contributed by atoms with Crippen LogP contribution < -0.4 is 16.0 Å². The first-order valence-electron chi connectivity index (χ1n) is 4.01. The average molecular weight is 183 g/mol. The van der Waals surface area contributed by atoms with E-state index in [0.717, 1.165) is 0 Å². The second-order valence-corrected chi connectivity index (χ2v) is 2.91. The van der Waals surface area contributed by atoms with Crippen LogP contribution in [0.25, 0.3) is 0 Å². The SMILES string of the molecule is COc1cnc(CC(C)N)[nH]c1=O. The van der Waals surface area contributed by atoms with Gasteiger partial charge in [0, 0.05) is 12.5 Å². The highest BCUT2D eigenvalue weighted by Crippen LogP contribution is 1.98. The zero-order valence-corrected chi connectivity index (χ0v) is 7.70. The molecule has 0 bridgehead atoms. The molecular weight excluding hydrogens is 170 g/mol. The molecule has 5 nitrogen and oxygen atoms in total. The van der Waals surface area contributed by atoms with Crippen LogP contribution in [-0.2, 0) is 6.42 Å². The molecule has 0 aliphatic rings. The predicted octanol–water partition coefficient (Wildman–Crippen LogP) is -0.332. The molecule has 72 valence electrons. The van der Waals surface area contributed by atoms with Crippen molar-refractivity contribution in [2.45, 2.75) is 19.4 Å². The number of methoxy groups -OCH3 is 1. The molecule has 1 aromatic rings. The van der Waals surface area contributed by atoms with Gasteiger partial charge in [-0.1, -0.05) is 0 Å². The van der Waals surface area contributed by atoms with Crippen molar-refractivity contribution < 1.29 is 4.74 Å². The van der Waals surface area contributed by atoms with E-state index < -0.39 is 0 Å². The highest BCUT2D eigenvalue weighted by atomic mass is 16.5. The fourth-order valence-corrected chi connectivity index (χ4v) is 0.974. The van der Waals surface area contributed by atoms with Gasteiger partial charge in [0.15, 0.2) is 0 Å². The lowest BCUT2D eigenvalue weighted by atomic mass is 10.2. The van der Waals surface area contributed by atoms with Gasteiger partial charge in [-0.05, 0) is 6.92 Å². The van der Waals surface area contributed by atoms with Crippen LogP contribution in [0.2, 0.25) is 0 Å². The van der Waals surface area contributed by atoms with Crippen molar-refractivity contribution >= 4 is 0 Å². The summed E-state index contributed by atoms with van der Waals surface area (Å²) in [5.74, 6) is 0.800. The predicted molar refractivity (Wildman–Crippen MR) is 48.8 cm³/mol. The lowest BCUT2D eigenvalue weighted by Gasteiger charge is -2.04. The van der Waals surface area contributed by atoms with Crippen LogP contribution in [0.4, 0.5) is 0 Å². The maximum atomic E-state index is 11.2. The first-order chi connectivity index (χ1) is 6.13. The number of rotatable bonds is 3. The van der Waals surface area contributed by atoms with Crippen molar-refractivity contribution in [2.75, 3.05) is 7.11 Å². The molecule has 0 amide bonds. The van der Waals surface area contributed by atoms with E-state index in [-0.39, 0.29) is 17.4 Å². The van der Waals surface area contributed by atoms with Gasteiger partial charge in [-0.3, -0.25) is 4.79 Å². The van der Waals surface area contributed by atoms with E-state index in [2.05, 4.69) is 9.97 Å². The number of hydrogen-bond donors (Lipinski definition) is 2. The molecule has 0 aromatic carbocycles. The van der Waals surface area contributed by atoms with Crippen LogP contribution in [0, 0.1) is 0 Å². The van der Waals surface area contributed by atoms with E-state index in [1.807, 2.05) is 6.92 Å². The van der Waals surface area contributed by atoms with E-state index in [0.29, 0.717) is 12.2 Å². The highest BCUT2D eigenvalue weighted by molar-refractivity contribution is 5.12. The highest BCUT2D eigenvalue weighted by Gasteiger charge is 2.03. The number of ether oxygens (including phenoxy) is 1. The normalized spacial score (nSPS) is 12.5. The van der Waals surface area contributed by atoms with Crippen molar-refractivity contribution in [3.05, 3.63) is 22.4 Å². The second kappa shape index (κ2) is 4.04. The van der Waals surface area contributed by atoms with Crippen molar-refractivity contribution in [3.63, 3.8) is 0 Å². The number of aromatic amines is 1. The molecule has 1 heterocycles. The molecule has 1 atom stereocenters. The third-order valence-corrected chi connectivity index (χ3v) is 1.55. The van der Waals surface area contributed by atoms with E-state index in [9.17, 15) is 4.79 Å². The lowest BCUT2D eigenvalue weighted by Crippen LogP contribution is -2.22. The van der Waals surface area contributed by atoms with Gasteiger partial charge in [-0.15, -0.1) is 0 Å². The Morgan fingerprint density at radius 3 is 2.92 bits per heavy atom. The van der Waals surface area contributed by atoms with E-state index in [4.69, 9.17) is 10.5 Å². The van der Waals surface area contributed by atoms with Crippen LogP contribution in [-0.4, -0.2) is 23.1 Å². The molecule has 3 N–H and O–H groups in total. The van der Waals surface area contributed by atoms with Crippen LogP contribution in [0.15, 0.2) is 11.0 Å². The fraction of sp³-hybridized carbons (Fsp3) is 0.500. The summed E-state index contributed by atoms with van der Waals surface area (Å²) in [6.45, 7) is 1.85. The Hall–Kier alpha value is -1.36. The first kappa shape index (κ1) is 9.73. The van der Waals surface area contributed by atoms with Crippen molar-refractivity contribution in [3.8, 4) is 5.75 Å². The topological polar surface area (TPSA) is 81.0 Å². The molecule has 5 heteroatoms. The Morgan fingerprint density at radius 1 is 1.77 bits per heavy atom.